The molecule has 0 fully saturated rings. The number of nitrogens with zero attached hydrogens (tertiary/aromatic N) is 3. The van der Waals surface area contributed by atoms with Crippen LogP contribution in [0.25, 0.3) is 5.70 Å². The van der Waals surface area contributed by atoms with Gasteiger partial charge in [0.25, 0.3) is 5.91 Å². The molecule has 0 spiro atoms. The maximum Gasteiger partial charge on any atom is 0.319 e. The zero-order chi connectivity index (χ0) is 23.3. The average molecular weight is 454 g/mol. The number of nitrogens with two attached hydrogens (primary N) is 1. The molecule has 9 heteroatoms. The molecule has 1 aliphatic heterocycles. The van der Waals surface area contributed by atoms with Gasteiger partial charge >= 0.3 is 6.03 Å². The fourth-order valence-electron chi connectivity index (χ4n) is 3.05. The molecule has 3 N–H and O–H groups in total. The van der Waals surface area contributed by atoms with Crippen LogP contribution < -0.4 is 15.8 Å². The van der Waals surface area contributed by atoms with E-state index in [0.717, 1.165) is 5.56 Å². The Bertz CT molecular complexity index is 1110. The van der Waals surface area contributed by atoms with Crippen LogP contribution in [-0.2, 0) is 0 Å². The van der Waals surface area contributed by atoms with Crippen molar-refractivity contribution in [2.45, 2.75) is 0 Å². The number of hydrogen-bond donors (Lipinski definition) is 2. The summed E-state index contributed by atoms with van der Waals surface area (Å²) in [7, 11) is 5.20. The molecule has 0 aromatic heterocycles. The van der Waals surface area contributed by atoms with E-state index in [4.69, 9.17) is 22.1 Å². The summed E-state index contributed by atoms with van der Waals surface area (Å²) in [5, 5.41) is 9.24. The lowest BCUT2D eigenvalue weighted by Crippen LogP contribution is -2.36. The zero-order valence-electron chi connectivity index (χ0n) is 18.0. The van der Waals surface area contributed by atoms with E-state index < -0.39 is 6.03 Å². The largest absolute Gasteiger partial charge is 0.497 e. The third kappa shape index (κ3) is 5.47. The molecule has 32 heavy (non-hydrogen) atoms. The van der Waals surface area contributed by atoms with Gasteiger partial charge in [-0.15, -0.1) is 0 Å². The van der Waals surface area contributed by atoms with Crippen LogP contribution in [0.2, 0.25) is 0 Å². The Labute approximate surface area is 191 Å². The molecule has 2 aromatic rings. The third-order valence-corrected chi connectivity index (χ3v) is 4.90. The average Bonchev–Trinajstić information content (AvgIpc) is 2.78. The van der Waals surface area contributed by atoms with Gasteiger partial charge < -0.3 is 20.8 Å². The minimum atomic E-state index is -0.655. The fourth-order valence-corrected chi connectivity index (χ4v) is 3.23. The molecule has 3 rings (SSSR count). The molecule has 0 saturated carbocycles. The molecule has 0 atom stereocenters. The van der Waals surface area contributed by atoms with Crippen LogP contribution in [0.4, 0.5) is 10.5 Å². The molecular weight excluding hydrogens is 430 g/mol. The van der Waals surface area contributed by atoms with Crippen LogP contribution in [0.3, 0.4) is 0 Å². The Morgan fingerprint density at radius 3 is 2.53 bits per heavy atom. The van der Waals surface area contributed by atoms with Gasteiger partial charge in [0.15, 0.2) is 0 Å². The molecule has 2 aromatic carbocycles. The number of anilines is 1. The summed E-state index contributed by atoms with van der Waals surface area (Å²) in [5.41, 5.74) is 8.48. The fraction of sp³-hybridized carbons (Fsp3) is 0.174. The number of carbonyl (C=O) groups is 2. The molecular formula is C23H24ClN5O3. The number of hydrogen-bond acceptors (Lipinski definition) is 5. The van der Waals surface area contributed by atoms with Gasteiger partial charge in [-0.2, -0.15) is 5.10 Å². The lowest BCUT2D eigenvalue weighted by molar-refractivity contribution is 0.102. The van der Waals surface area contributed by atoms with Crippen molar-refractivity contribution in [2.75, 3.05) is 33.1 Å². The summed E-state index contributed by atoms with van der Waals surface area (Å²) in [6, 6.07) is 11.6. The van der Waals surface area contributed by atoms with E-state index in [-0.39, 0.29) is 12.5 Å². The third-order valence-electron chi connectivity index (χ3n) is 4.65. The number of carbonyl (C=O) groups excluding carboxylic acids is 2. The molecule has 166 valence electrons. The van der Waals surface area contributed by atoms with Gasteiger partial charge in [0.1, 0.15) is 5.75 Å². The minimum Gasteiger partial charge on any atom is -0.497 e. The first-order chi connectivity index (χ1) is 15.3. The monoisotopic (exact) mass is 453 g/mol. The molecule has 8 nitrogen and oxygen atoms in total. The van der Waals surface area contributed by atoms with Crippen molar-refractivity contribution in [2.24, 2.45) is 10.8 Å². The summed E-state index contributed by atoms with van der Waals surface area (Å²) in [5.74, 6) is 0.261. The van der Waals surface area contributed by atoms with Crippen LogP contribution >= 0.6 is 11.6 Å². The van der Waals surface area contributed by atoms with Crippen molar-refractivity contribution < 1.29 is 14.3 Å². The number of allylic oxidation sites excluding steroid dienone is 2. The van der Waals surface area contributed by atoms with Gasteiger partial charge in [0.2, 0.25) is 0 Å². The summed E-state index contributed by atoms with van der Waals surface area (Å²) < 4.78 is 5.33. The summed E-state index contributed by atoms with van der Waals surface area (Å²) in [6.45, 7) is 0.142. The number of methoxy groups -OCH3 is 1. The predicted molar refractivity (Wildman–Crippen MR) is 127 cm³/mol. The van der Waals surface area contributed by atoms with Gasteiger partial charge in [-0.1, -0.05) is 23.7 Å². The van der Waals surface area contributed by atoms with Crippen molar-refractivity contribution in [3.63, 3.8) is 0 Å². The number of ether oxygens (including phenoxy) is 1. The molecule has 0 unspecified atom stereocenters. The second-order valence-electron chi connectivity index (χ2n) is 7.17. The van der Waals surface area contributed by atoms with Gasteiger partial charge in [-0.25, -0.2) is 4.79 Å². The second kappa shape index (κ2) is 10.0. The molecule has 0 saturated heterocycles. The first-order valence-corrected chi connectivity index (χ1v) is 10.1. The maximum atomic E-state index is 12.9. The number of benzene rings is 2. The Balaban J connectivity index is 1.92. The summed E-state index contributed by atoms with van der Waals surface area (Å²) in [6.07, 6.45) is 5.07. The SMILES string of the molecule is COc1ccc(NC(=O)c2ccc(C=NN(C)C)cc2)c(C2=CC=C(Cl)CN2C(N)=O)c1. The standard InChI is InChI=1S/C23H24ClN5O3/c1-28(2)26-13-15-4-6-16(7-5-15)22(30)27-20-10-9-18(32-3)12-19(20)21-11-8-17(24)14-29(21)23(25)31/h4-13H,14H2,1-3H3,(H2,25,31)(H,27,30). The van der Waals surface area contributed by atoms with Crippen LogP contribution in [0.1, 0.15) is 21.5 Å². The van der Waals surface area contributed by atoms with Crippen molar-refractivity contribution in [1.29, 1.82) is 0 Å². The van der Waals surface area contributed by atoms with E-state index in [2.05, 4.69) is 10.4 Å². The highest BCUT2D eigenvalue weighted by Gasteiger charge is 2.24. The number of urea groups is 1. The van der Waals surface area contributed by atoms with Crippen LogP contribution in [-0.4, -0.2) is 55.8 Å². The molecule has 0 radical (unpaired) electrons. The highest BCUT2D eigenvalue weighted by molar-refractivity contribution is 6.30. The Morgan fingerprint density at radius 2 is 1.91 bits per heavy atom. The summed E-state index contributed by atoms with van der Waals surface area (Å²) >= 11 is 6.08. The predicted octanol–water partition coefficient (Wildman–Crippen LogP) is 3.70. The molecule has 1 heterocycles. The van der Waals surface area contributed by atoms with E-state index in [9.17, 15) is 9.59 Å². The Morgan fingerprint density at radius 1 is 1.19 bits per heavy atom. The molecule has 1 aliphatic rings. The highest BCUT2D eigenvalue weighted by atomic mass is 35.5. The quantitative estimate of drug-likeness (QED) is 0.514. The van der Waals surface area contributed by atoms with Crippen molar-refractivity contribution in [3.8, 4) is 5.75 Å². The van der Waals surface area contributed by atoms with E-state index in [1.165, 1.54) is 12.0 Å². The van der Waals surface area contributed by atoms with E-state index in [0.29, 0.717) is 33.3 Å². The Hall–Kier alpha value is -3.78. The van der Waals surface area contributed by atoms with E-state index in [1.54, 1.807) is 53.7 Å². The number of amides is 3. The van der Waals surface area contributed by atoms with Crippen LogP contribution in [0.5, 0.6) is 5.75 Å². The zero-order valence-corrected chi connectivity index (χ0v) is 18.8. The number of nitrogens with one attached hydrogen (secondary N) is 1. The van der Waals surface area contributed by atoms with Crippen molar-refractivity contribution >= 4 is 41.1 Å². The topological polar surface area (TPSA) is 100 Å². The van der Waals surface area contributed by atoms with Crippen molar-refractivity contribution in [1.82, 2.24) is 9.91 Å². The van der Waals surface area contributed by atoms with Crippen molar-refractivity contribution in [3.05, 3.63) is 76.3 Å². The smallest absolute Gasteiger partial charge is 0.319 e. The second-order valence-corrected chi connectivity index (χ2v) is 7.65. The number of hydrazone groups is 1. The first-order valence-electron chi connectivity index (χ1n) is 9.73. The lowest BCUT2D eigenvalue weighted by atomic mass is 10.0. The molecule has 3 amide bonds. The minimum absolute atomic E-state index is 0.142. The van der Waals surface area contributed by atoms with Gasteiger partial charge in [-0.05, 0) is 48.0 Å². The molecule has 0 bridgehead atoms. The van der Waals surface area contributed by atoms with Gasteiger partial charge in [-0.3, -0.25) is 9.69 Å². The van der Waals surface area contributed by atoms with Crippen LogP contribution in [0.15, 0.2) is 64.8 Å². The van der Waals surface area contributed by atoms with Gasteiger partial charge in [0.05, 0.1) is 31.3 Å². The maximum absolute atomic E-state index is 12.9. The van der Waals surface area contributed by atoms with E-state index >= 15 is 0 Å². The molecule has 0 aliphatic carbocycles. The lowest BCUT2D eigenvalue weighted by Gasteiger charge is -2.27. The number of primary amides is 1. The van der Waals surface area contributed by atoms with Crippen LogP contribution in [0, 0.1) is 0 Å². The number of rotatable bonds is 6. The van der Waals surface area contributed by atoms with E-state index in [1.807, 2.05) is 26.2 Å². The Kier molecular flexibility index (Phi) is 7.17. The summed E-state index contributed by atoms with van der Waals surface area (Å²) in [4.78, 5) is 26.3. The highest BCUT2D eigenvalue weighted by Crippen LogP contribution is 2.33. The normalized spacial score (nSPS) is 13.4. The van der Waals surface area contributed by atoms with Gasteiger partial charge in [0, 0.05) is 30.3 Å². The number of halogens is 1. The first kappa shape index (κ1) is 22.9.